The van der Waals surface area contributed by atoms with Gasteiger partial charge in [0, 0.05) is 52.7 Å². The number of aromatic nitrogens is 2. The molecule has 0 aliphatic carbocycles. The van der Waals surface area contributed by atoms with Crippen molar-refractivity contribution in [3.05, 3.63) is 59.1 Å². The van der Waals surface area contributed by atoms with E-state index in [9.17, 15) is 5.11 Å². The molecule has 0 radical (unpaired) electrons. The first-order valence-electron chi connectivity index (χ1n) is 14.7. The van der Waals surface area contributed by atoms with Crippen LogP contribution in [0.15, 0.2) is 42.6 Å². The third kappa shape index (κ3) is 4.15. The number of nitrogens with one attached hydrogen (secondary N) is 1. The summed E-state index contributed by atoms with van der Waals surface area (Å²) < 4.78 is 16.7. The van der Waals surface area contributed by atoms with Gasteiger partial charge in [-0.3, -0.25) is 9.88 Å². The average molecular weight is 568 g/mol. The predicted molar refractivity (Wildman–Crippen MR) is 161 cm³/mol. The largest absolute Gasteiger partial charge is 0.508 e. The van der Waals surface area contributed by atoms with Crippen LogP contribution in [0.5, 0.6) is 5.75 Å². The number of fused-ring (bicyclic) bond motifs is 5. The molecule has 41 heavy (non-hydrogen) atoms. The summed E-state index contributed by atoms with van der Waals surface area (Å²) in [5.41, 5.74) is 2.24. The van der Waals surface area contributed by atoms with E-state index in [-0.39, 0.29) is 22.5 Å². The van der Waals surface area contributed by atoms with Crippen LogP contribution in [-0.2, 0) is 0 Å². The lowest BCUT2D eigenvalue weighted by Gasteiger charge is -2.35. The fourth-order valence-electron chi connectivity index (χ4n) is 7.68. The Bertz CT molecular complexity index is 1760. The third-order valence-corrected chi connectivity index (χ3v) is 9.88. The minimum Gasteiger partial charge on any atom is -0.508 e. The molecule has 0 saturated carbocycles. The highest BCUT2D eigenvalue weighted by atomic mass is 35.5. The molecule has 0 amide bonds. The van der Waals surface area contributed by atoms with Crippen LogP contribution in [0.4, 0.5) is 10.1 Å². The van der Waals surface area contributed by atoms with Crippen LogP contribution in [0, 0.1) is 17.7 Å². The van der Waals surface area contributed by atoms with Crippen LogP contribution in [0.1, 0.15) is 44.2 Å². The van der Waals surface area contributed by atoms with Crippen LogP contribution < -0.4 is 10.2 Å². The van der Waals surface area contributed by atoms with Crippen molar-refractivity contribution in [3.63, 3.8) is 0 Å². The number of piperazine rings is 1. The maximum Gasteiger partial charge on any atom is 0.175 e. The Morgan fingerprint density at radius 3 is 2.63 bits per heavy atom. The molecule has 4 aliphatic rings. The second kappa shape index (κ2) is 9.55. The van der Waals surface area contributed by atoms with Gasteiger partial charge in [-0.05, 0) is 87.2 Å². The van der Waals surface area contributed by atoms with Gasteiger partial charge in [-0.25, -0.2) is 9.37 Å². The van der Waals surface area contributed by atoms with Crippen LogP contribution in [0.25, 0.3) is 32.9 Å². The van der Waals surface area contributed by atoms with E-state index in [4.69, 9.17) is 16.6 Å². The highest BCUT2D eigenvalue weighted by Gasteiger charge is 2.43. The number of phenols is 1. The molecule has 2 bridgehead atoms. The average Bonchev–Trinajstić information content (AvgIpc) is 3.65. The summed E-state index contributed by atoms with van der Waals surface area (Å²) in [6, 6.07) is 11.5. The lowest BCUT2D eigenvalue weighted by atomic mass is 9.94. The summed E-state index contributed by atoms with van der Waals surface area (Å²) in [4.78, 5) is 14.3. The molecule has 0 spiro atoms. The molecule has 2 aromatic heterocycles. The Balaban J connectivity index is 1.32. The van der Waals surface area contributed by atoms with Crippen molar-refractivity contribution in [1.82, 2.24) is 20.2 Å². The summed E-state index contributed by atoms with van der Waals surface area (Å²) in [5.74, 6) is 6.49. The highest BCUT2D eigenvalue weighted by molar-refractivity contribution is 6.36. The fraction of sp³-hybridized carbons (Fsp3) is 0.394. The Morgan fingerprint density at radius 2 is 1.85 bits per heavy atom. The van der Waals surface area contributed by atoms with Crippen LogP contribution in [-0.4, -0.2) is 63.8 Å². The Hall–Kier alpha value is -3.44. The van der Waals surface area contributed by atoms with E-state index in [2.05, 4.69) is 31.9 Å². The number of pyridine rings is 2. The van der Waals surface area contributed by atoms with E-state index in [1.54, 1.807) is 18.3 Å². The second-order valence-electron chi connectivity index (χ2n) is 12.1. The number of rotatable bonds is 2. The summed E-state index contributed by atoms with van der Waals surface area (Å²) in [6.45, 7) is 3.91. The molecule has 2 aromatic carbocycles. The maximum atomic E-state index is 16.7. The van der Waals surface area contributed by atoms with Crippen molar-refractivity contribution < 1.29 is 9.50 Å². The van der Waals surface area contributed by atoms with Crippen molar-refractivity contribution in [2.45, 2.75) is 56.1 Å². The number of hydrogen-bond donors (Lipinski definition) is 2. The van der Waals surface area contributed by atoms with Gasteiger partial charge in [-0.1, -0.05) is 29.7 Å². The molecule has 2 unspecified atom stereocenters. The molecule has 4 fully saturated rings. The number of halogens is 2. The first-order chi connectivity index (χ1) is 20.0. The minimum atomic E-state index is -0.529. The zero-order chi connectivity index (χ0) is 27.7. The van der Waals surface area contributed by atoms with Gasteiger partial charge in [0.2, 0.25) is 0 Å². The number of hydrogen-bond acceptors (Lipinski definition) is 6. The van der Waals surface area contributed by atoms with E-state index in [0.717, 1.165) is 62.9 Å². The third-order valence-electron chi connectivity index (χ3n) is 9.56. The van der Waals surface area contributed by atoms with Gasteiger partial charge >= 0.3 is 0 Å². The topological polar surface area (TPSA) is 64.5 Å². The van der Waals surface area contributed by atoms with Gasteiger partial charge in [-0.2, -0.15) is 0 Å². The van der Waals surface area contributed by atoms with Gasteiger partial charge in [0.25, 0.3) is 0 Å². The Morgan fingerprint density at radius 1 is 1.07 bits per heavy atom. The van der Waals surface area contributed by atoms with E-state index in [0.29, 0.717) is 39.1 Å². The van der Waals surface area contributed by atoms with Crippen molar-refractivity contribution in [2.75, 3.05) is 31.1 Å². The normalized spacial score (nSPS) is 23.2. The SMILES string of the molecule is Oc1cc(-c2ncc3c(N4CC5CCC(C4)N5)cc(C#CC45CCCN4CCC5)nc3c2F)c2c(Cl)cccc2c1. The molecular weight excluding hydrogens is 537 g/mol. The predicted octanol–water partition coefficient (Wildman–Crippen LogP) is 5.87. The molecule has 4 saturated heterocycles. The van der Waals surface area contributed by atoms with Crippen LogP contribution >= 0.6 is 11.6 Å². The first kappa shape index (κ1) is 25.3. The summed E-state index contributed by atoms with van der Waals surface area (Å²) in [5, 5.41) is 16.7. The fourth-order valence-corrected chi connectivity index (χ4v) is 7.97. The zero-order valence-corrected chi connectivity index (χ0v) is 23.5. The molecule has 8 rings (SSSR count). The first-order valence-corrected chi connectivity index (χ1v) is 15.1. The van der Waals surface area contributed by atoms with E-state index >= 15 is 4.39 Å². The van der Waals surface area contributed by atoms with Gasteiger partial charge in [0.15, 0.2) is 5.82 Å². The van der Waals surface area contributed by atoms with Gasteiger partial charge in [0.05, 0.1) is 11.2 Å². The molecular formula is C33H31ClFN5O. The lowest BCUT2D eigenvalue weighted by molar-refractivity contribution is 0.261. The van der Waals surface area contributed by atoms with Crippen molar-refractivity contribution in [2.24, 2.45) is 0 Å². The standard InChI is InChI=1S/C33H31ClFN5O/c34-27-5-1-4-20-14-24(41)16-25(29(20)27)31-30(35)32-26(17-36-31)28(39-18-22-6-7-23(19-39)37-22)15-21(38-32)8-11-33-9-2-12-40(33)13-3-10-33/h1,4-5,14-17,22-23,37,41H,2-3,6-7,9-10,12-13,18-19H2. The molecule has 2 atom stereocenters. The van der Waals surface area contributed by atoms with Gasteiger partial charge in [-0.15, -0.1) is 0 Å². The molecule has 2 N–H and O–H groups in total. The number of nitrogens with zero attached hydrogens (tertiary/aromatic N) is 4. The van der Waals surface area contributed by atoms with Crippen molar-refractivity contribution >= 4 is 39.0 Å². The van der Waals surface area contributed by atoms with Crippen molar-refractivity contribution in [1.29, 1.82) is 0 Å². The Kier molecular flexibility index (Phi) is 5.89. The number of phenolic OH excluding ortho intramolecular Hbond substituents is 1. The molecule has 4 aliphatic heterocycles. The smallest absolute Gasteiger partial charge is 0.175 e. The minimum absolute atomic E-state index is 0.0255. The molecule has 6 heterocycles. The van der Waals surface area contributed by atoms with Crippen molar-refractivity contribution in [3.8, 4) is 28.8 Å². The van der Waals surface area contributed by atoms with E-state index < -0.39 is 5.82 Å². The Labute approximate surface area is 243 Å². The maximum absolute atomic E-state index is 16.7. The zero-order valence-electron chi connectivity index (χ0n) is 22.8. The lowest BCUT2D eigenvalue weighted by Crippen LogP contribution is -2.51. The highest BCUT2D eigenvalue weighted by Crippen LogP contribution is 2.41. The molecule has 6 nitrogen and oxygen atoms in total. The van der Waals surface area contributed by atoms with Gasteiger partial charge < -0.3 is 15.3 Å². The summed E-state index contributed by atoms with van der Waals surface area (Å²) in [6.07, 6.45) is 8.51. The molecule has 208 valence electrons. The second-order valence-corrected chi connectivity index (χ2v) is 12.5. The number of benzene rings is 2. The van der Waals surface area contributed by atoms with E-state index in [1.807, 2.05) is 18.2 Å². The monoisotopic (exact) mass is 567 g/mol. The number of anilines is 1. The van der Waals surface area contributed by atoms with E-state index in [1.165, 1.54) is 18.9 Å². The van der Waals surface area contributed by atoms with Crippen LogP contribution in [0.3, 0.4) is 0 Å². The van der Waals surface area contributed by atoms with Crippen LogP contribution in [0.2, 0.25) is 5.02 Å². The molecule has 8 heteroatoms. The summed E-state index contributed by atoms with van der Waals surface area (Å²) in [7, 11) is 0. The number of aromatic hydroxyl groups is 1. The van der Waals surface area contributed by atoms with Gasteiger partial charge in [0.1, 0.15) is 22.7 Å². The quantitative estimate of drug-likeness (QED) is 0.295. The summed E-state index contributed by atoms with van der Waals surface area (Å²) >= 11 is 6.59. The molecule has 4 aromatic rings.